The highest BCUT2D eigenvalue weighted by atomic mass is 16.9. The van der Waals surface area contributed by atoms with Gasteiger partial charge in [0.15, 0.2) is 17.9 Å². The molecule has 0 aromatic carbocycles. The van der Waals surface area contributed by atoms with Crippen molar-refractivity contribution in [3.8, 4) is 0 Å². The number of ether oxygens (including phenoxy) is 6. The first-order chi connectivity index (χ1) is 10.7. The van der Waals surface area contributed by atoms with E-state index in [1.54, 1.807) is 0 Å². The number of esters is 1. The van der Waals surface area contributed by atoms with Gasteiger partial charge in [-0.3, -0.25) is 4.79 Å². The molecule has 3 aliphatic rings. The molecule has 0 spiro atoms. The highest BCUT2D eigenvalue weighted by Gasteiger charge is 2.60. The first-order valence-electron chi connectivity index (χ1n) is 8.23. The standard InChI is InChI=1S/C16H26O7/c1-6-7-10(17)18-8-9-11-12(21-15(2,3)20-11)13-14(19-9)23-16(4,5)22-13/h9,11-14H,6-8H2,1-5H3/t9-,11-,12-,13+,14+/m0/s1. The van der Waals surface area contributed by atoms with Gasteiger partial charge in [0.25, 0.3) is 0 Å². The molecule has 0 aromatic rings. The molecule has 0 aromatic heterocycles. The molecule has 3 fully saturated rings. The summed E-state index contributed by atoms with van der Waals surface area (Å²) < 4.78 is 34.9. The molecule has 7 nitrogen and oxygen atoms in total. The van der Waals surface area contributed by atoms with Crippen LogP contribution in [0.1, 0.15) is 47.5 Å². The lowest BCUT2D eigenvalue weighted by molar-refractivity contribution is -0.242. The van der Waals surface area contributed by atoms with Gasteiger partial charge in [0.1, 0.15) is 31.0 Å². The molecule has 5 atom stereocenters. The summed E-state index contributed by atoms with van der Waals surface area (Å²) in [7, 11) is 0. The SMILES string of the molecule is CCCC(=O)OC[C@@H]1O[C@@H]2OC(C)(C)O[C@@H]2[C@H]2OC(C)(C)O[C@H]21. The zero-order chi connectivity index (χ0) is 16.8. The zero-order valence-electron chi connectivity index (χ0n) is 14.4. The molecular formula is C16H26O7. The number of carbonyl (C=O) groups is 1. The van der Waals surface area contributed by atoms with Gasteiger partial charge in [0, 0.05) is 6.42 Å². The monoisotopic (exact) mass is 330 g/mol. The largest absolute Gasteiger partial charge is 0.463 e. The smallest absolute Gasteiger partial charge is 0.305 e. The number of hydrogen-bond donors (Lipinski definition) is 0. The van der Waals surface area contributed by atoms with E-state index in [9.17, 15) is 4.79 Å². The van der Waals surface area contributed by atoms with Gasteiger partial charge in [-0.25, -0.2) is 0 Å². The third-order valence-corrected chi connectivity index (χ3v) is 4.11. The summed E-state index contributed by atoms with van der Waals surface area (Å²) in [5.41, 5.74) is 0. The van der Waals surface area contributed by atoms with Gasteiger partial charge in [-0.15, -0.1) is 0 Å². The number of rotatable bonds is 4. The fourth-order valence-corrected chi connectivity index (χ4v) is 3.28. The average Bonchev–Trinajstić information content (AvgIpc) is 2.90. The van der Waals surface area contributed by atoms with Crippen molar-refractivity contribution in [2.24, 2.45) is 0 Å². The molecule has 0 N–H and O–H groups in total. The van der Waals surface area contributed by atoms with E-state index in [-0.39, 0.29) is 30.9 Å². The van der Waals surface area contributed by atoms with Crippen LogP contribution in [0.5, 0.6) is 0 Å². The second-order valence-corrected chi connectivity index (χ2v) is 7.14. The Bertz CT molecular complexity index is 461. The third-order valence-electron chi connectivity index (χ3n) is 4.11. The molecule has 3 aliphatic heterocycles. The van der Waals surface area contributed by atoms with Gasteiger partial charge >= 0.3 is 5.97 Å². The Balaban J connectivity index is 1.72. The Hall–Kier alpha value is -0.730. The third kappa shape index (κ3) is 3.53. The van der Waals surface area contributed by atoms with Crippen LogP contribution in [0.4, 0.5) is 0 Å². The topological polar surface area (TPSA) is 72.5 Å². The summed E-state index contributed by atoms with van der Waals surface area (Å²) in [6.45, 7) is 9.42. The van der Waals surface area contributed by atoms with E-state index in [0.29, 0.717) is 6.42 Å². The fourth-order valence-electron chi connectivity index (χ4n) is 3.28. The molecule has 3 rings (SSSR count). The van der Waals surface area contributed by atoms with Gasteiger partial charge in [0.05, 0.1) is 0 Å². The second-order valence-electron chi connectivity index (χ2n) is 7.14. The Morgan fingerprint density at radius 1 is 0.957 bits per heavy atom. The molecule has 0 radical (unpaired) electrons. The minimum Gasteiger partial charge on any atom is -0.463 e. The van der Waals surface area contributed by atoms with Crippen molar-refractivity contribution in [2.45, 2.75) is 89.7 Å². The molecule has 0 unspecified atom stereocenters. The normalized spacial score (nSPS) is 40.5. The van der Waals surface area contributed by atoms with Crippen LogP contribution in [0.2, 0.25) is 0 Å². The van der Waals surface area contributed by atoms with Crippen LogP contribution in [-0.2, 0) is 33.2 Å². The summed E-state index contributed by atoms with van der Waals surface area (Å²) in [6.07, 6.45) is -0.903. The van der Waals surface area contributed by atoms with Gasteiger partial charge in [-0.1, -0.05) is 6.92 Å². The average molecular weight is 330 g/mol. The molecule has 0 saturated carbocycles. The molecule has 3 heterocycles. The van der Waals surface area contributed by atoms with Crippen molar-refractivity contribution in [1.29, 1.82) is 0 Å². The van der Waals surface area contributed by atoms with Gasteiger partial charge in [-0.2, -0.15) is 0 Å². The van der Waals surface area contributed by atoms with Crippen LogP contribution in [0, 0.1) is 0 Å². The van der Waals surface area contributed by atoms with E-state index in [2.05, 4.69) is 0 Å². The van der Waals surface area contributed by atoms with Crippen molar-refractivity contribution in [1.82, 2.24) is 0 Å². The van der Waals surface area contributed by atoms with E-state index in [0.717, 1.165) is 6.42 Å². The van der Waals surface area contributed by atoms with E-state index < -0.39 is 24.0 Å². The molecule has 0 aliphatic carbocycles. The maximum Gasteiger partial charge on any atom is 0.305 e. The molecule has 0 bridgehead atoms. The van der Waals surface area contributed by atoms with Crippen LogP contribution in [0.25, 0.3) is 0 Å². The van der Waals surface area contributed by atoms with Gasteiger partial charge in [-0.05, 0) is 34.1 Å². The van der Waals surface area contributed by atoms with Crippen molar-refractivity contribution in [3.63, 3.8) is 0 Å². The van der Waals surface area contributed by atoms with Crippen LogP contribution >= 0.6 is 0 Å². The Morgan fingerprint density at radius 3 is 2.26 bits per heavy atom. The van der Waals surface area contributed by atoms with Crippen molar-refractivity contribution in [2.75, 3.05) is 6.61 Å². The number of fused-ring (bicyclic) bond motifs is 3. The number of hydrogen-bond acceptors (Lipinski definition) is 7. The summed E-state index contributed by atoms with van der Waals surface area (Å²) in [4.78, 5) is 11.6. The Kier molecular flexibility index (Phi) is 4.44. The summed E-state index contributed by atoms with van der Waals surface area (Å²) >= 11 is 0. The Morgan fingerprint density at radius 2 is 1.57 bits per heavy atom. The van der Waals surface area contributed by atoms with Crippen molar-refractivity contribution in [3.05, 3.63) is 0 Å². The Labute approximate surface area is 136 Å². The molecular weight excluding hydrogens is 304 g/mol. The minimum absolute atomic E-state index is 0.118. The van der Waals surface area contributed by atoms with Crippen LogP contribution < -0.4 is 0 Å². The van der Waals surface area contributed by atoms with Crippen LogP contribution in [0.15, 0.2) is 0 Å². The molecule has 3 saturated heterocycles. The first kappa shape index (κ1) is 17.1. The lowest BCUT2D eigenvalue weighted by Gasteiger charge is -2.36. The lowest BCUT2D eigenvalue weighted by Crippen LogP contribution is -2.56. The molecule has 7 heteroatoms. The maximum atomic E-state index is 11.6. The van der Waals surface area contributed by atoms with E-state index in [1.165, 1.54) is 0 Å². The predicted molar refractivity (Wildman–Crippen MR) is 78.4 cm³/mol. The predicted octanol–water partition coefficient (Wildman–Crippen LogP) is 1.73. The number of carbonyl (C=O) groups excluding carboxylic acids is 1. The van der Waals surface area contributed by atoms with Crippen LogP contribution in [-0.4, -0.2) is 54.9 Å². The van der Waals surface area contributed by atoms with Gasteiger partial charge < -0.3 is 28.4 Å². The van der Waals surface area contributed by atoms with Gasteiger partial charge in [0.2, 0.25) is 0 Å². The fraction of sp³-hybridized carbons (Fsp3) is 0.938. The lowest BCUT2D eigenvalue weighted by atomic mass is 9.99. The summed E-state index contributed by atoms with van der Waals surface area (Å²) in [5.74, 6) is -1.73. The molecule has 132 valence electrons. The molecule has 0 amide bonds. The highest BCUT2D eigenvalue weighted by molar-refractivity contribution is 5.69. The summed E-state index contributed by atoms with van der Waals surface area (Å²) in [6, 6.07) is 0. The first-order valence-corrected chi connectivity index (χ1v) is 8.23. The van der Waals surface area contributed by atoms with E-state index in [4.69, 9.17) is 28.4 Å². The summed E-state index contributed by atoms with van der Waals surface area (Å²) in [5, 5.41) is 0. The zero-order valence-corrected chi connectivity index (χ0v) is 14.4. The molecule has 23 heavy (non-hydrogen) atoms. The highest BCUT2D eigenvalue weighted by Crippen LogP contribution is 2.44. The quantitative estimate of drug-likeness (QED) is 0.727. The van der Waals surface area contributed by atoms with Crippen LogP contribution in [0.3, 0.4) is 0 Å². The second kappa shape index (κ2) is 5.97. The van der Waals surface area contributed by atoms with E-state index >= 15 is 0 Å². The van der Waals surface area contributed by atoms with E-state index in [1.807, 2.05) is 34.6 Å². The van der Waals surface area contributed by atoms with Crippen molar-refractivity contribution >= 4 is 5.97 Å². The minimum atomic E-state index is -0.746. The maximum absolute atomic E-state index is 11.6. The van der Waals surface area contributed by atoms with Crippen molar-refractivity contribution < 1.29 is 33.2 Å².